The summed E-state index contributed by atoms with van der Waals surface area (Å²) in [6.45, 7) is 4.90. The second-order valence-electron chi connectivity index (χ2n) is 7.87. The molecule has 174 valence electrons. The summed E-state index contributed by atoms with van der Waals surface area (Å²) in [5.74, 6) is -0.430. The summed E-state index contributed by atoms with van der Waals surface area (Å²) >= 11 is 5.89. The van der Waals surface area contributed by atoms with Crippen LogP contribution in [0.25, 0.3) is 5.70 Å². The van der Waals surface area contributed by atoms with Crippen molar-refractivity contribution < 1.29 is 19.4 Å². The number of nitrogens with zero attached hydrogens (tertiary/aromatic N) is 1. The van der Waals surface area contributed by atoms with Crippen LogP contribution in [-0.2, 0) is 6.54 Å². The van der Waals surface area contributed by atoms with Crippen molar-refractivity contribution in [3.05, 3.63) is 81.5 Å². The van der Waals surface area contributed by atoms with E-state index in [0.29, 0.717) is 29.3 Å². The topological polar surface area (TPSA) is 119 Å². The summed E-state index contributed by atoms with van der Waals surface area (Å²) < 4.78 is 5.79. The minimum absolute atomic E-state index is 0.0244. The highest BCUT2D eigenvalue weighted by Gasteiger charge is 2.31. The summed E-state index contributed by atoms with van der Waals surface area (Å²) in [6, 6.07) is 10.2. The Hall–Kier alpha value is -3.45. The molecule has 33 heavy (non-hydrogen) atoms. The van der Waals surface area contributed by atoms with Crippen LogP contribution in [0.2, 0.25) is 5.02 Å². The maximum atomic E-state index is 12.7. The van der Waals surface area contributed by atoms with Gasteiger partial charge in [-0.2, -0.15) is 0 Å². The van der Waals surface area contributed by atoms with Gasteiger partial charge in [0.2, 0.25) is 0 Å². The number of hydrogen-bond acceptors (Lipinski definition) is 5. The first-order valence-electron chi connectivity index (χ1n) is 10.8. The number of fused-ring (bicyclic) bond motifs is 1. The van der Waals surface area contributed by atoms with Crippen molar-refractivity contribution in [1.29, 1.82) is 0 Å². The van der Waals surface area contributed by atoms with Gasteiger partial charge in [0.15, 0.2) is 0 Å². The van der Waals surface area contributed by atoms with Gasteiger partial charge >= 0.3 is 5.97 Å². The van der Waals surface area contributed by atoms with E-state index < -0.39 is 5.97 Å². The fourth-order valence-corrected chi connectivity index (χ4v) is 4.01. The van der Waals surface area contributed by atoms with E-state index in [9.17, 15) is 14.7 Å². The van der Waals surface area contributed by atoms with E-state index in [1.165, 1.54) is 12.1 Å². The van der Waals surface area contributed by atoms with E-state index in [-0.39, 0.29) is 29.1 Å². The van der Waals surface area contributed by atoms with Gasteiger partial charge in [0.1, 0.15) is 12.4 Å². The third-order valence-electron chi connectivity index (χ3n) is 5.70. The fraction of sp³-hybridized carbons (Fsp3) is 0.280. The molecule has 0 aliphatic carbocycles. The molecule has 5 N–H and O–H groups in total. The van der Waals surface area contributed by atoms with Gasteiger partial charge in [-0.3, -0.25) is 4.79 Å². The van der Waals surface area contributed by atoms with Crippen molar-refractivity contribution in [2.24, 2.45) is 11.5 Å². The molecule has 1 aliphatic rings. The lowest BCUT2D eigenvalue weighted by Gasteiger charge is -2.25. The Kier molecular flexibility index (Phi) is 7.66. The van der Waals surface area contributed by atoms with Gasteiger partial charge in [0, 0.05) is 29.5 Å². The van der Waals surface area contributed by atoms with Crippen molar-refractivity contribution in [3.63, 3.8) is 0 Å². The van der Waals surface area contributed by atoms with Crippen LogP contribution in [0.5, 0.6) is 5.75 Å². The van der Waals surface area contributed by atoms with Gasteiger partial charge in [0.05, 0.1) is 10.6 Å². The van der Waals surface area contributed by atoms with Crippen LogP contribution in [0.15, 0.2) is 54.2 Å². The van der Waals surface area contributed by atoms with Gasteiger partial charge in [-0.15, -0.1) is 0 Å². The van der Waals surface area contributed by atoms with E-state index in [0.717, 1.165) is 24.0 Å². The third kappa shape index (κ3) is 5.49. The van der Waals surface area contributed by atoms with E-state index >= 15 is 0 Å². The number of allylic oxidation sites excluding steroid dienone is 2. The molecule has 0 spiro atoms. The maximum Gasteiger partial charge on any atom is 0.337 e. The van der Waals surface area contributed by atoms with E-state index in [1.807, 2.05) is 11.0 Å². The second kappa shape index (κ2) is 10.4. The predicted molar refractivity (Wildman–Crippen MR) is 129 cm³/mol. The summed E-state index contributed by atoms with van der Waals surface area (Å²) in [5, 5.41) is 9.33. The predicted octanol–water partition coefficient (Wildman–Crippen LogP) is 4.40. The van der Waals surface area contributed by atoms with Crippen LogP contribution < -0.4 is 16.2 Å². The number of hydrogen-bond donors (Lipinski definition) is 3. The highest BCUT2D eigenvalue weighted by molar-refractivity contribution is 6.33. The second-order valence-corrected chi connectivity index (χ2v) is 8.28. The lowest BCUT2D eigenvalue weighted by atomic mass is 10.1. The zero-order chi connectivity index (χ0) is 24.1. The smallest absolute Gasteiger partial charge is 0.337 e. The number of halogens is 1. The zero-order valence-electron chi connectivity index (χ0n) is 18.7. The van der Waals surface area contributed by atoms with Crippen molar-refractivity contribution in [3.8, 4) is 5.75 Å². The van der Waals surface area contributed by atoms with Crippen LogP contribution in [0, 0.1) is 0 Å². The monoisotopic (exact) mass is 469 g/mol. The molecule has 2 aromatic carbocycles. The molecule has 0 radical (unpaired) electrons. The first-order chi connectivity index (χ1) is 15.7. The minimum atomic E-state index is -1.13. The number of carbonyl (C=O) groups excluding carboxylic acids is 1. The summed E-state index contributed by atoms with van der Waals surface area (Å²) in [4.78, 5) is 25.8. The number of nitrogens with two attached hydrogens (primary N) is 2. The third-order valence-corrected chi connectivity index (χ3v) is 6.03. The van der Waals surface area contributed by atoms with Gasteiger partial charge in [0.25, 0.3) is 5.91 Å². The van der Waals surface area contributed by atoms with E-state index in [4.69, 9.17) is 27.8 Å². The van der Waals surface area contributed by atoms with Crippen LogP contribution in [0.4, 0.5) is 0 Å². The van der Waals surface area contributed by atoms with Crippen LogP contribution in [0.1, 0.15) is 58.5 Å². The van der Waals surface area contributed by atoms with Crippen LogP contribution in [0.3, 0.4) is 0 Å². The largest absolute Gasteiger partial charge is 0.487 e. The number of benzene rings is 2. The first-order valence-corrected chi connectivity index (χ1v) is 11.1. The number of ether oxygens (including phenoxy) is 1. The fourth-order valence-electron chi connectivity index (χ4n) is 3.81. The Balaban J connectivity index is 1.65. The van der Waals surface area contributed by atoms with Gasteiger partial charge in [-0.05, 0) is 66.5 Å². The number of rotatable bonds is 9. The van der Waals surface area contributed by atoms with Gasteiger partial charge in [-0.25, -0.2) is 4.79 Å². The Morgan fingerprint density at radius 3 is 2.58 bits per heavy atom. The van der Waals surface area contributed by atoms with Gasteiger partial charge < -0.3 is 26.2 Å². The molecule has 0 atom stereocenters. The number of carboxylic acids is 1. The SMILES string of the molecule is CCC(CC)N1Cc2cc(OC/C(N)=C/C=C(\N)c3ccc(Cl)c(C(=O)O)c3)ccc2C1=O. The Bertz CT molecular complexity index is 1120. The maximum absolute atomic E-state index is 12.7. The Morgan fingerprint density at radius 2 is 1.91 bits per heavy atom. The molecule has 0 unspecified atom stereocenters. The lowest BCUT2D eigenvalue weighted by molar-refractivity contribution is 0.0686. The molecule has 0 bridgehead atoms. The Labute approximate surface area is 198 Å². The molecule has 2 aromatic rings. The summed E-state index contributed by atoms with van der Waals surface area (Å²) in [6.07, 6.45) is 5.04. The number of aromatic carboxylic acids is 1. The molecule has 0 fully saturated rings. The van der Waals surface area contributed by atoms with E-state index in [1.54, 1.807) is 30.4 Å². The molecule has 0 aromatic heterocycles. The van der Waals surface area contributed by atoms with E-state index in [2.05, 4.69) is 13.8 Å². The normalized spacial score (nSPS) is 14.1. The van der Waals surface area contributed by atoms with Crippen LogP contribution >= 0.6 is 11.6 Å². The average molecular weight is 470 g/mol. The van der Waals surface area contributed by atoms with Crippen molar-refractivity contribution in [2.75, 3.05) is 6.61 Å². The average Bonchev–Trinajstić information content (AvgIpc) is 3.12. The number of carboxylic acid groups (broad SMARTS) is 1. The van der Waals surface area contributed by atoms with Gasteiger partial charge in [-0.1, -0.05) is 31.5 Å². The number of carbonyl (C=O) groups is 2. The Morgan fingerprint density at radius 1 is 1.18 bits per heavy atom. The molecule has 1 heterocycles. The highest BCUT2D eigenvalue weighted by Crippen LogP contribution is 2.29. The molecule has 0 saturated heterocycles. The lowest BCUT2D eigenvalue weighted by Crippen LogP contribution is -2.34. The molecule has 1 amide bonds. The molecule has 7 nitrogen and oxygen atoms in total. The molecule has 3 rings (SSSR count). The quantitative estimate of drug-likeness (QED) is 0.468. The van der Waals surface area contributed by atoms with Crippen molar-refractivity contribution in [1.82, 2.24) is 4.90 Å². The highest BCUT2D eigenvalue weighted by atomic mass is 35.5. The summed E-state index contributed by atoms with van der Waals surface area (Å²) in [7, 11) is 0. The first kappa shape index (κ1) is 24.2. The minimum Gasteiger partial charge on any atom is -0.487 e. The number of amides is 1. The van der Waals surface area contributed by atoms with Crippen molar-refractivity contribution in [2.45, 2.75) is 39.3 Å². The molecular formula is C25H28ClN3O4. The van der Waals surface area contributed by atoms with Crippen LogP contribution in [-0.4, -0.2) is 34.5 Å². The zero-order valence-corrected chi connectivity index (χ0v) is 19.4. The standard InChI is InChI=1S/C25H28ClN3O4/c1-3-18(4-2)29-13-16-11-19(7-8-20(16)24(29)30)33-14-17(27)6-10-23(28)15-5-9-22(26)21(12-15)25(31)32/h5-12,18H,3-4,13-14,27-28H2,1-2H3,(H,31,32)/b17-6-,23-10-. The summed E-state index contributed by atoms with van der Waals surface area (Å²) in [5.41, 5.74) is 15.0. The molecule has 0 saturated carbocycles. The van der Waals surface area contributed by atoms with Crippen molar-refractivity contribution >= 4 is 29.2 Å². The molecule has 8 heteroatoms. The molecule has 1 aliphatic heterocycles. The molecular weight excluding hydrogens is 442 g/mol.